The molecular weight excluding hydrogens is 586 g/mol. The number of pyridine rings is 1. The number of hydrogen-bond donors (Lipinski definition) is 2. The van der Waals surface area contributed by atoms with Crippen LogP contribution in [0.4, 0.5) is 0 Å². The number of carbonyl (C=O) groups is 2. The Morgan fingerprint density at radius 3 is 2.53 bits per heavy atom. The summed E-state index contributed by atoms with van der Waals surface area (Å²) in [4.78, 5) is 36.6. The summed E-state index contributed by atoms with van der Waals surface area (Å²) in [6, 6.07) is 10.6. The van der Waals surface area contributed by atoms with E-state index >= 15 is 0 Å². The zero-order chi connectivity index (χ0) is 31.9. The SMILES string of the molecule is CC=NC1=C(S)c2c(c(-c3cccnc3)nn2-c2ccc(C(=O)N(C)C3CCC(N4CCCC4)CC3)c(OC)c2)CC1.NC=O. The van der Waals surface area contributed by atoms with Crippen molar-refractivity contribution in [2.45, 2.75) is 70.4 Å². The Hall–Kier alpha value is -3.96. The number of allylic oxidation sites excluding steroid dienone is 1. The Morgan fingerprint density at radius 2 is 1.89 bits per heavy atom. The van der Waals surface area contributed by atoms with Crippen LogP contribution in [0.3, 0.4) is 0 Å². The van der Waals surface area contributed by atoms with E-state index < -0.39 is 0 Å². The first kappa shape index (κ1) is 32.4. The van der Waals surface area contributed by atoms with Crippen LogP contribution in [-0.2, 0) is 11.2 Å². The topological polar surface area (TPSA) is 119 Å². The van der Waals surface area contributed by atoms with E-state index in [1.54, 1.807) is 19.5 Å². The second-order valence-electron chi connectivity index (χ2n) is 11.7. The first-order valence-corrected chi connectivity index (χ1v) is 16.1. The fraction of sp³-hybridized carbons (Fsp3) is 0.441. The maximum Gasteiger partial charge on any atom is 0.257 e. The molecule has 2 amide bonds. The second-order valence-corrected chi connectivity index (χ2v) is 12.1. The minimum atomic E-state index is -0.00378. The predicted octanol–water partition coefficient (Wildman–Crippen LogP) is 5.16. The third-order valence-corrected chi connectivity index (χ3v) is 9.63. The lowest BCUT2D eigenvalue weighted by Crippen LogP contribution is -2.44. The van der Waals surface area contributed by atoms with E-state index in [0.717, 1.165) is 77.3 Å². The zero-order valence-electron chi connectivity index (χ0n) is 26.4. The standard InChI is InChI=1S/C33H40N6O2S.CH3NO/c1-4-35-28-16-15-27-30(22-8-7-17-34-21-22)36-39(31(27)32(28)42)25-13-14-26(29(20-25)41-3)33(40)37(2)23-9-11-24(12-10-23)38-18-5-6-19-38;2-1-3/h4,7-8,13-14,17,20-21,23-24,42H,5-6,9-12,15-16,18-19H2,1-3H3;1H,(H2,2,3). The van der Waals surface area contributed by atoms with Crippen LogP contribution in [0.25, 0.3) is 21.8 Å². The molecule has 45 heavy (non-hydrogen) atoms. The molecule has 10 nitrogen and oxygen atoms in total. The molecule has 0 unspecified atom stereocenters. The largest absolute Gasteiger partial charge is 0.496 e. The fourth-order valence-electron chi connectivity index (χ4n) is 6.89. The van der Waals surface area contributed by atoms with Crippen LogP contribution in [0, 0.1) is 0 Å². The summed E-state index contributed by atoms with van der Waals surface area (Å²) in [6.07, 6.45) is 14.3. The van der Waals surface area contributed by atoms with E-state index in [4.69, 9.17) is 27.3 Å². The highest BCUT2D eigenvalue weighted by Gasteiger charge is 2.32. The molecule has 0 radical (unpaired) electrons. The summed E-state index contributed by atoms with van der Waals surface area (Å²) in [5.41, 5.74) is 10.3. The molecule has 3 heterocycles. The number of ether oxygens (including phenoxy) is 1. The highest BCUT2D eigenvalue weighted by Crippen LogP contribution is 2.41. The van der Waals surface area contributed by atoms with Gasteiger partial charge in [0.1, 0.15) is 5.75 Å². The number of primary amides is 1. The highest BCUT2D eigenvalue weighted by molar-refractivity contribution is 7.90. The normalized spacial score (nSPS) is 20.0. The molecule has 2 aliphatic carbocycles. The minimum Gasteiger partial charge on any atom is -0.496 e. The summed E-state index contributed by atoms with van der Waals surface area (Å²) in [7, 11) is 3.56. The molecule has 238 valence electrons. The molecule has 3 aromatic rings. The number of carbonyl (C=O) groups excluding carboxylic acids is 2. The summed E-state index contributed by atoms with van der Waals surface area (Å²) < 4.78 is 7.72. The van der Waals surface area contributed by atoms with Gasteiger partial charge < -0.3 is 20.3 Å². The average Bonchev–Trinajstić information content (AvgIpc) is 3.76. The predicted molar refractivity (Wildman–Crippen MR) is 181 cm³/mol. The van der Waals surface area contributed by atoms with Crippen LogP contribution >= 0.6 is 12.6 Å². The van der Waals surface area contributed by atoms with Crippen LogP contribution in [0.5, 0.6) is 5.75 Å². The molecule has 2 fully saturated rings. The number of likely N-dealkylation sites (tertiary alicyclic amines) is 1. The monoisotopic (exact) mass is 629 g/mol. The van der Waals surface area contributed by atoms with Gasteiger partial charge in [0.25, 0.3) is 5.91 Å². The van der Waals surface area contributed by atoms with Crippen molar-refractivity contribution < 1.29 is 14.3 Å². The highest BCUT2D eigenvalue weighted by atomic mass is 32.1. The van der Waals surface area contributed by atoms with E-state index in [1.807, 2.05) is 60.1 Å². The van der Waals surface area contributed by atoms with Gasteiger partial charge in [-0.15, -0.1) is 12.6 Å². The minimum absolute atomic E-state index is 0.00378. The van der Waals surface area contributed by atoms with Gasteiger partial charge in [-0.05, 0) is 95.6 Å². The van der Waals surface area contributed by atoms with E-state index in [2.05, 4.69) is 20.6 Å². The van der Waals surface area contributed by atoms with E-state index in [0.29, 0.717) is 17.4 Å². The molecule has 1 saturated carbocycles. The van der Waals surface area contributed by atoms with Crippen LogP contribution in [0.15, 0.2) is 53.4 Å². The lowest BCUT2D eigenvalue weighted by Gasteiger charge is -2.38. The van der Waals surface area contributed by atoms with Gasteiger partial charge in [0.05, 0.1) is 40.4 Å². The van der Waals surface area contributed by atoms with Crippen LogP contribution in [-0.4, -0.2) is 82.4 Å². The molecule has 0 atom stereocenters. The second kappa shape index (κ2) is 14.9. The van der Waals surface area contributed by atoms with Crippen molar-refractivity contribution in [1.82, 2.24) is 24.6 Å². The summed E-state index contributed by atoms with van der Waals surface area (Å²) in [5.74, 6) is 0.533. The number of fused-ring (bicyclic) bond motifs is 1. The Morgan fingerprint density at radius 1 is 1.16 bits per heavy atom. The Bertz CT molecular complexity index is 1560. The number of aromatic nitrogens is 3. The average molecular weight is 630 g/mol. The number of nitrogens with two attached hydrogens (primary N) is 1. The molecule has 6 rings (SSSR count). The van der Waals surface area contributed by atoms with Gasteiger partial charge in [0.2, 0.25) is 6.41 Å². The van der Waals surface area contributed by atoms with Gasteiger partial charge >= 0.3 is 0 Å². The first-order chi connectivity index (χ1) is 21.9. The van der Waals surface area contributed by atoms with Gasteiger partial charge in [0.15, 0.2) is 0 Å². The van der Waals surface area contributed by atoms with Gasteiger partial charge in [-0.25, -0.2) is 4.68 Å². The van der Waals surface area contributed by atoms with Gasteiger partial charge in [0, 0.05) is 54.9 Å². The van der Waals surface area contributed by atoms with E-state index in [9.17, 15) is 4.79 Å². The maximum atomic E-state index is 13.8. The van der Waals surface area contributed by atoms with Crippen molar-refractivity contribution in [2.24, 2.45) is 10.7 Å². The Labute approximate surface area is 270 Å². The van der Waals surface area contributed by atoms with Gasteiger partial charge in [-0.2, -0.15) is 5.10 Å². The molecule has 3 aliphatic rings. The molecule has 2 N–H and O–H groups in total. The molecule has 1 saturated heterocycles. The van der Waals surface area contributed by atoms with Crippen molar-refractivity contribution in [2.75, 3.05) is 27.2 Å². The summed E-state index contributed by atoms with van der Waals surface area (Å²) in [5, 5.41) is 5.06. The smallest absolute Gasteiger partial charge is 0.257 e. The van der Waals surface area contributed by atoms with Crippen molar-refractivity contribution in [3.8, 4) is 22.7 Å². The number of nitrogens with zero attached hydrogens (tertiary/aromatic N) is 6. The zero-order valence-corrected chi connectivity index (χ0v) is 27.2. The molecular formula is C34H43N7O3S. The maximum absolute atomic E-state index is 13.8. The van der Waals surface area contributed by atoms with Crippen molar-refractivity contribution in [3.05, 3.63) is 65.2 Å². The van der Waals surface area contributed by atoms with E-state index in [1.165, 1.54) is 25.9 Å². The number of methoxy groups -OCH3 is 1. The molecule has 11 heteroatoms. The molecule has 1 aromatic carbocycles. The lowest BCUT2D eigenvalue weighted by molar-refractivity contribution is -0.106. The molecule has 0 spiro atoms. The van der Waals surface area contributed by atoms with Crippen LogP contribution < -0.4 is 10.5 Å². The van der Waals surface area contributed by atoms with E-state index in [-0.39, 0.29) is 18.4 Å². The molecule has 1 aliphatic heterocycles. The number of benzene rings is 1. The molecule has 0 bridgehead atoms. The number of aliphatic imine (C=N–C) groups is 1. The van der Waals surface area contributed by atoms with Crippen LogP contribution in [0.1, 0.15) is 73.5 Å². The third-order valence-electron chi connectivity index (χ3n) is 9.16. The Balaban J connectivity index is 0.00000128. The van der Waals surface area contributed by atoms with Crippen LogP contribution in [0.2, 0.25) is 0 Å². The number of rotatable bonds is 7. The van der Waals surface area contributed by atoms with Crippen molar-refractivity contribution in [1.29, 1.82) is 0 Å². The van der Waals surface area contributed by atoms with Gasteiger partial charge in [-0.3, -0.25) is 19.6 Å². The number of thiol groups is 1. The summed E-state index contributed by atoms with van der Waals surface area (Å²) in [6.45, 7) is 4.38. The fourth-order valence-corrected chi connectivity index (χ4v) is 7.29. The first-order valence-electron chi connectivity index (χ1n) is 15.7. The lowest BCUT2D eigenvalue weighted by atomic mass is 9.89. The van der Waals surface area contributed by atoms with Crippen molar-refractivity contribution >= 4 is 36.1 Å². The third kappa shape index (κ3) is 6.84. The van der Waals surface area contributed by atoms with Gasteiger partial charge in [-0.1, -0.05) is 0 Å². The summed E-state index contributed by atoms with van der Waals surface area (Å²) >= 11 is 4.93. The quantitative estimate of drug-likeness (QED) is 0.212. The Kier molecular flexibility index (Phi) is 10.7. The van der Waals surface area contributed by atoms with Crippen molar-refractivity contribution in [3.63, 3.8) is 0 Å². The molecule has 2 aromatic heterocycles. The number of hydrogen-bond acceptors (Lipinski definition) is 8. The number of amides is 2.